The van der Waals surface area contributed by atoms with Gasteiger partial charge in [0.05, 0.1) is 40.8 Å². The predicted octanol–water partition coefficient (Wildman–Crippen LogP) is 6.71. The lowest BCUT2D eigenvalue weighted by Crippen LogP contribution is -2.37. The molecule has 10 heteroatoms. The van der Waals surface area contributed by atoms with Gasteiger partial charge in [0, 0.05) is 58.0 Å². The zero-order chi connectivity index (χ0) is 29.1. The summed E-state index contributed by atoms with van der Waals surface area (Å²) in [6.07, 6.45) is 3.51. The molecule has 2 amide bonds. The molecule has 210 valence electrons. The Labute approximate surface area is 257 Å². The fourth-order valence-electron chi connectivity index (χ4n) is 5.02. The van der Waals surface area contributed by atoms with Crippen LogP contribution in [0.5, 0.6) is 0 Å². The molecule has 0 atom stereocenters. The average Bonchev–Trinajstić information content (AvgIpc) is 3.67. The molecule has 0 radical (unpaired) electrons. The summed E-state index contributed by atoms with van der Waals surface area (Å²) in [6.45, 7) is 2.28. The summed E-state index contributed by atoms with van der Waals surface area (Å²) in [6, 6.07) is 24.3. The number of fused-ring (bicyclic) bond motifs is 1. The van der Waals surface area contributed by atoms with Crippen molar-refractivity contribution in [1.29, 1.82) is 5.26 Å². The lowest BCUT2D eigenvalue weighted by molar-refractivity contribution is 0.0777. The maximum absolute atomic E-state index is 14.1. The van der Waals surface area contributed by atoms with Crippen LogP contribution < -0.4 is 4.90 Å². The monoisotopic (exact) mass is 611 g/mol. The van der Waals surface area contributed by atoms with Crippen molar-refractivity contribution in [2.75, 3.05) is 29.5 Å². The summed E-state index contributed by atoms with van der Waals surface area (Å²) >= 11 is 9.60. The Morgan fingerprint density at radius 1 is 1.02 bits per heavy atom. The van der Waals surface area contributed by atoms with E-state index in [1.54, 1.807) is 53.8 Å². The molecule has 7 nitrogen and oxygen atoms in total. The van der Waals surface area contributed by atoms with Gasteiger partial charge >= 0.3 is 0 Å². The van der Waals surface area contributed by atoms with E-state index in [4.69, 9.17) is 16.9 Å². The van der Waals surface area contributed by atoms with Crippen molar-refractivity contribution in [3.8, 4) is 6.07 Å². The highest BCUT2D eigenvalue weighted by Crippen LogP contribution is 2.36. The van der Waals surface area contributed by atoms with E-state index in [0.717, 1.165) is 45.9 Å². The fraction of sp³-hybridized carbons (Fsp3) is 0.188. The Kier molecular flexibility index (Phi) is 8.29. The van der Waals surface area contributed by atoms with E-state index < -0.39 is 0 Å². The van der Waals surface area contributed by atoms with Crippen molar-refractivity contribution >= 4 is 62.3 Å². The van der Waals surface area contributed by atoms with E-state index in [-0.39, 0.29) is 18.4 Å². The van der Waals surface area contributed by atoms with Gasteiger partial charge in [-0.15, -0.1) is 11.3 Å². The number of benzene rings is 3. The molecule has 1 aliphatic heterocycles. The van der Waals surface area contributed by atoms with Crippen LogP contribution in [-0.4, -0.2) is 50.9 Å². The summed E-state index contributed by atoms with van der Waals surface area (Å²) in [4.78, 5) is 36.2. The number of amides is 2. The zero-order valence-electron chi connectivity index (χ0n) is 22.6. The third-order valence-corrected chi connectivity index (χ3v) is 9.48. The normalized spacial score (nSPS) is 13.2. The van der Waals surface area contributed by atoms with Crippen LogP contribution in [0.15, 0.2) is 85.3 Å². The van der Waals surface area contributed by atoms with Crippen molar-refractivity contribution in [3.63, 3.8) is 0 Å². The number of thiophene rings is 1. The number of carbonyl (C=O) groups excluding carboxylic acids is 2. The van der Waals surface area contributed by atoms with Gasteiger partial charge in [-0.2, -0.15) is 17.0 Å². The molecule has 1 fully saturated rings. The van der Waals surface area contributed by atoms with E-state index in [1.165, 1.54) is 11.3 Å². The van der Waals surface area contributed by atoms with E-state index in [2.05, 4.69) is 11.1 Å². The first-order valence-electron chi connectivity index (χ1n) is 13.5. The van der Waals surface area contributed by atoms with Crippen LogP contribution in [0.4, 0.5) is 5.69 Å². The van der Waals surface area contributed by atoms with E-state index in [1.807, 2.05) is 57.6 Å². The molecular formula is C32H26ClN5O2S2. The molecule has 0 spiro atoms. The Morgan fingerprint density at radius 2 is 1.81 bits per heavy atom. The number of hydrogen-bond acceptors (Lipinski definition) is 6. The second kappa shape index (κ2) is 12.4. The SMILES string of the molecule is N#Cc1ccc(Cn2cncc2CN(C(=O)c2cccc(Cl)c2)c2cccc3sc(C(=O)N4CCSCC4)cc23)cc1. The summed E-state index contributed by atoms with van der Waals surface area (Å²) in [5.41, 5.74) is 3.64. The van der Waals surface area contributed by atoms with Crippen LogP contribution >= 0.6 is 34.7 Å². The van der Waals surface area contributed by atoms with Crippen molar-refractivity contribution in [2.45, 2.75) is 13.1 Å². The minimum Gasteiger partial charge on any atom is -0.336 e. The van der Waals surface area contributed by atoms with Crippen molar-refractivity contribution in [1.82, 2.24) is 14.5 Å². The number of anilines is 1. The molecule has 1 saturated heterocycles. The lowest BCUT2D eigenvalue weighted by Gasteiger charge is -2.25. The molecule has 0 unspecified atom stereocenters. The number of carbonyl (C=O) groups is 2. The number of thioether (sulfide) groups is 1. The Morgan fingerprint density at radius 3 is 2.57 bits per heavy atom. The van der Waals surface area contributed by atoms with Crippen LogP contribution in [-0.2, 0) is 13.1 Å². The Balaban J connectivity index is 1.38. The van der Waals surface area contributed by atoms with Gasteiger partial charge in [-0.25, -0.2) is 4.98 Å². The molecule has 3 aromatic carbocycles. The number of imidazole rings is 1. The van der Waals surface area contributed by atoms with E-state index >= 15 is 0 Å². The highest BCUT2D eigenvalue weighted by Gasteiger charge is 2.25. The molecular weight excluding hydrogens is 586 g/mol. The number of nitrogens with zero attached hydrogens (tertiary/aromatic N) is 5. The van der Waals surface area contributed by atoms with Crippen LogP contribution in [0.25, 0.3) is 10.1 Å². The van der Waals surface area contributed by atoms with Gasteiger partial charge in [0.15, 0.2) is 0 Å². The van der Waals surface area contributed by atoms with Crippen LogP contribution in [0.3, 0.4) is 0 Å². The fourth-order valence-corrected chi connectivity index (χ4v) is 7.16. The number of nitriles is 1. The quantitative estimate of drug-likeness (QED) is 0.204. The first-order valence-corrected chi connectivity index (χ1v) is 15.8. The number of hydrogen-bond donors (Lipinski definition) is 0. The maximum atomic E-state index is 14.1. The summed E-state index contributed by atoms with van der Waals surface area (Å²) in [7, 11) is 0. The third-order valence-electron chi connectivity index (χ3n) is 7.21. The molecule has 0 N–H and O–H groups in total. The molecule has 0 saturated carbocycles. The standard InChI is InChI=1S/C32H26ClN5O2S2/c33-25-4-1-3-24(15-25)31(39)38(20-26-18-35-21-37(26)19-23-9-7-22(17-34)8-10-23)28-5-2-6-29-27(28)16-30(42-29)32(40)36-11-13-41-14-12-36/h1-10,15-16,18,21H,11-14,19-20H2. The molecule has 5 aromatic rings. The van der Waals surface area contributed by atoms with Crippen molar-refractivity contribution in [2.24, 2.45) is 0 Å². The molecule has 0 aliphatic carbocycles. The highest BCUT2D eigenvalue weighted by molar-refractivity contribution is 7.99. The maximum Gasteiger partial charge on any atom is 0.264 e. The van der Waals surface area contributed by atoms with Gasteiger partial charge in [0.1, 0.15) is 0 Å². The average molecular weight is 612 g/mol. The number of aromatic nitrogens is 2. The predicted molar refractivity (Wildman–Crippen MR) is 170 cm³/mol. The Bertz CT molecular complexity index is 1800. The second-order valence-electron chi connectivity index (χ2n) is 9.93. The van der Waals surface area contributed by atoms with Crippen LogP contribution in [0.2, 0.25) is 5.02 Å². The minimum absolute atomic E-state index is 0.0376. The topological polar surface area (TPSA) is 82.2 Å². The smallest absolute Gasteiger partial charge is 0.264 e. The molecule has 0 bridgehead atoms. The summed E-state index contributed by atoms with van der Waals surface area (Å²) < 4.78 is 2.94. The molecule has 42 heavy (non-hydrogen) atoms. The van der Waals surface area contributed by atoms with Gasteiger partial charge in [-0.3, -0.25) is 9.59 Å². The molecule has 6 rings (SSSR count). The summed E-state index contributed by atoms with van der Waals surface area (Å²) in [5, 5.41) is 10.5. The first kappa shape index (κ1) is 28.0. The Hall–Kier alpha value is -4.10. The minimum atomic E-state index is -0.205. The van der Waals surface area contributed by atoms with Crippen molar-refractivity contribution < 1.29 is 9.59 Å². The van der Waals surface area contributed by atoms with Gasteiger partial charge in [0.25, 0.3) is 11.8 Å². The molecule has 2 aromatic heterocycles. The largest absolute Gasteiger partial charge is 0.336 e. The molecule has 3 heterocycles. The van der Waals surface area contributed by atoms with Crippen molar-refractivity contribution in [3.05, 3.63) is 118 Å². The van der Waals surface area contributed by atoms with E-state index in [9.17, 15) is 9.59 Å². The third kappa shape index (κ3) is 5.93. The lowest BCUT2D eigenvalue weighted by atomic mass is 10.1. The number of rotatable bonds is 7. The van der Waals surface area contributed by atoms with E-state index in [0.29, 0.717) is 33.3 Å². The second-order valence-corrected chi connectivity index (χ2v) is 12.7. The van der Waals surface area contributed by atoms with Gasteiger partial charge in [-0.05, 0) is 54.1 Å². The molecule has 1 aliphatic rings. The van der Waals surface area contributed by atoms with Gasteiger partial charge in [0.2, 0.25) is 0 Å². The number of halogens is 1. The zero-order valence-corrected chi connectivity index (χ0v) is 25.0. The van der Waals surface area contributed by atoms with Crippen LogP contribution in [0.1, 0.15) is 36.9 Å². The van der Waals surface area contributed by atoms with Gasteiger partial charge in [-0.1, -0.05) is 35.9 Å². The highest BCUT2D eigenvalue weighted by atomic mass is 35.5. The first-order chi connectivity index (χ1) is 20.5. The van der Waals surface area contributed by atoms with Gasteiger partial charge < -0.3 is 14.4 Å². The van der Waals surface area contributed by atoms with Crippen LogP contribution in [0, 0.1) is 11.3 Å². The summed E-state index contributed by atoms with van der Waals surface area (Å²) in [5.74, 6) is 1.72.